The van der Waals surface area contributed by atoms with E-state index in [0.717, 1.165) is 32.0 Å². The van der Waals surface area contributed by atoms with Crippen LogP contribution in [0.15, 0.2) is 66.9 Å². The van der Waals surface area contributed by atoms with Gasteiger partial charge in [-0.2, -0.15) is 0 Å². The molecule has 0 bridgehead atoms. The highest BCUT2D eigenvalue weighted by atomic mass is 19.1. The van der Waals surface area contributed by atoms with Crippen LogP contribution in [-0.2, 0) is 9.59 Å². The molecule has 1 aliphatic carbocycles. The van der Waals surface area contributed by atoms with E-state index in [1.54, 1.807) is 41.3 Å². The Morgan fingerprint density at radius 1 is 0.911 bits per heavy atom. The second-order valence-corrected chi connectivity index (χ2v) is 12.2. The van der Waals surface area contributed by atoms with E-state index in [1.807, 2.05) is 6.07 Å². The number of hydrogen-bond donors (Lipinski definition) is 3. The molecule has 0 spiro atoms. The molecule has 2 saturated heterocycles. The van der Waals surface area contributed by atoms with Crippen molar-refractivity contribution in [1.29, 1.82) is 0 Å². The highest BCUT2D eigenvalue weighted by molar-refractivity contribution is 6.16. The Morgan fingerprint density at radius 3 is 2.27 bits per heavy atom. The molecule has 45 heavy (non-hydrogen) atoms. The number of likely N-dealkylation sites (N-methyl/N-ethyl adjacent to an activating group) is 1. The lowest BCUT2D eigenvalue weighted by atomic mass is 9.97. The first kappa shape index (κ1) is 30.5. The molecule has 3 aromatic rings. The molecule has 1 saturated carbocycles. The van der Waals surface area contributed by atoms with E-state index in [-0.39, 0.29) is 17.5 Å². The van der Waals surface area contributed by atoms with Gasteiger partial charge in [-0.3, -0.25) is 19.8 Å². The fourth-order valence-corrected chi connectivity index (χ4v) is 5.77. The number of amides is 4. The number of rotatable bonds is 9. The molecule has 2 aromatic carbocycles. The van der Waals surface area contributed by atoms with Crippen LogP contribution in [0.25, 0.3) is 0 Å². The van der Waals surface area contributed by atoms with Crippen molar-refractivity contribution in [3.05, 3.63) is 72.7 Å². The molecule has 0 radical (unpaired) electrons. The van der Waals surface area contributed by atoms with Gasteiger partial charge >= 0.3 is 6.03 Å². The SMILES string of the molecule is CN(C)C1CN(C2CCN(C(=O)Nc3cc(Oc4ccc(NC(=O)C5(C(=O)Nc6ccccc6)CC5)c(F)c4)ccn3)CC2)C1. The molecule has 4 amide bonds. The lowest BCUT2D eigenvalue weighted by molar-refractivity contribution is -0.131. The van der Waals surface area contributed by atoms with Gasteiger partial charge in [0.15, 0.2) is 0 Å². The van der Waals surface area contributed by atoms with Crippen LogP contribution in [-0.4, -0.2) is 89.9 Å². The number of nitrogens with zero attached hydrogens (tertiary/aromatic N) is 4. The fraction of sp³-hybridized carbons (Fsp3) is 0.394. The summed E-state index contributed by atoms with van der Waals surface area (Å²) >= 11 is 0. The Balaban J connectivity index is 0.999. The molecule has 0 unspecified atom stereocenters. The van der Waals surface area contributed by atoms with Gasteiger partial charge in [0.05, 0.1) is 5.69 Å². The quantitative estimate of drug-likeness (QED) is 0.301. The second kappa shape index (κ2) is 12.8. The van der Waals surface area contributed by atoms with Crippen molar-refractivity contribution in [3.63, 3.8) is 0 Å². The summed E-state index contributed by atoms with van der Waals surface area (Å²) in [5.74, 6) is -0.799. The van der Waals surface area contributed by atoms with Crippen LogP contribution in [0.2, 0.25) is 0 Å². The molecule has 2 aliphatic heterocycles. The van der Waals surface area contributed by atoms with Crippen molar-refractivity contribution >= 4 is 35.0 Å². The Morgan fingerprint density at radius 2 is 1.60 bits per heavy atom. The Bertz CT molecular complexity index is 1550. The zero-order valence-corrected chi connectivity index (χ0v) is 25.5. The third-order valence-electron chi connectivity index (χ3n) is 8.93. The number of anilines is 3. The number of piperidine rings is 1. The normalized spacial score (nSPS) is 18.2. The average molecular weight is 616 g/mol. The van der Waals surface area contributed by atoms with Crippen molar-refractivity contribution in [3.8, 4) is 11.5 Å². The maximum atomic E-state index is 15.0. The number of para-hydroxylation sites is 1. The van der Waals surface area contributed by atoms with Gasteiger partial charge in [0.1, 0.15) is 28.5 Å². The number of hydrogen-bond acceptors (Lipinski definition) is 7. The number of nitrogens with one attached hydrogen (secondary N) is 3. The number of carbonyl (C=O) groups excluding carboxylic acids is 3. The van der Waals surface area contributed by atoms with Crippen LogP contribution < -0.4 is 20.7 Å². The van der Waals surface area contributed by atoms with Gasteiger partial charge in [0, 0.05) is 62.3 Å². The average Bonchev–Trinajstić information content (AvgIpc) is 3.81. The predicted molar refractivity (Wildman–Crippen MR) is 169 cm³/mol. The predicted octanol–water partition coefficient (Wildman–Crippen LogP) is 4.61. The molecule has 12 heteroatoms. The zero-order valence-electron chi connectivity index (χ0n) is 25.5. The monoisotopic (exact) mass is 615 g/mol. The summed E-state index contributed by atoms with van der Waals surface area (Å²) in [5.41, 5.74) is -0.687. The van der Waals surface area contributed by atoms with Gasteiger partial charge in [0.2, 0.25) is 11.8 Å². The topological polar surface area (TPSA) is 119 Å². The number of pyridine rings is 1. The third kappa shape index (κ3) is 6.91. The standard InChI is InChI=1S/C33H38FN7O4/c1-39(2)24-20-41(21-24)23-11-16-40(17-12-23)32(44)38-29-19-26(10-15-35-29)45-25-8-9-28(27(34)18-25)37-31(43)33(13-14-33)30(42)36-22-6-4-3-5-7-22/h3-10,15,18-19,23-24H,11-14,16-17,20-21H2,1-2H3,(H,36,42)(H,37,43)(H,35,38,44). The Hall–Kier alpha value is -4.55. The van der Waals surface area contributed by atoms with Crippen molar-refractivity contribution in [2.45, 2.75) is 37.8 Å². The summed E-state index contributed by atoms with van der Waals surface area (Å²) in [4.78, 5) is 49.5. The number of likely N-dealkylation sites (tertiary alicyclic amines) is 2. The van der Waals surface area contributed by atoms with Crippen LogP contribution >= 0.6 is 0 Å². The number of halogens is 1. The largest absolute Gasteiger partial charge is 0.457 e. The van der Waals surface area contributed by atoms with E-state index < -0.39 is 23.0 Å². The number of urea groups is 1. The van der Waals surface area contributed by atoms with Gasteiger partial charge in [-0.25, -0.2) is 14.2 Å². The van der Waals surface area contributed by atoms with Crippen LogP contribution in [0.1, 0.15) is 25.7 Å². The highest BCUT2D eigenvalue weighted by Crippen LogP contribution is 2.47. The minimum atomic E-state index is -1.23. The van der Waals surface area contributed by atoms with E-state index in [4.69, 9.17) is 4.74 Å². The molecule has 1 aromatic heterocycles. The van der Waals surface area contributed by atoms with Crippen molar-refractivity contribution in [2.75, 3.05) is 56.2 Å². The molecule has 3 heterocycles. The Kier molecular flexibility index (Phi) is 8.68. The minimum absolute atomic E-state index is 0.0517. The summed E-state index contributed by atoms with van der Waals surface area (Å²) in [6.07, 6.45) is 4.15. The number of aromatic nitrogens is 1. The maximum Gasteiger partial charge on any atom is 0.323 e. The van der Waals surface area contributed by atoms with Crippen LogP contribution in [0.5, 0.6) is 11.5 Å². The molecule has 6 rings (SSSR count). The van der Waals surface area contributed by atoms with Crippen LogP contribution in [0, 0.1) is 11.2 Å². The molecule has 3 aliphatic rings. The van der Waals surface area contributed by atoms with Gasteiger partial charge in [-0.05, 0) is 70.1 Å². The molecule has 3 fully saturated rings. The van der Waals surface area contributed by atoms with Crippen molar-refractivity contribution < 1.29 is 23.5 Å². The van der Waals surface area contributed by atoms with Gasteiger partial charge < -0.3 is 25.2 Å². The number of benzene rings is 2. The van der Waals surface area contributed by atoms with E-state index in [0.29, 0.717) is 55.3 Å². The van der Waals surface area contributed by atoms with E-state index in [1.165, 1.54) is 18.3 Å². The molecular formula is C33H38FN7O4. The highest BCUT2D eigenvalue weighted by Gasteiger charge is 2.56. The first-order chi connectivity index (χ1) is 21.7. The van der Waals surface area contributed by atoms with E-state index in [2.05, 4.69) is 44.8 Å². The summed E-state index contributed by atoms with van der Waals surface area (Å²) < 4.78 is 20.8. The van der Waals surface area contributed by atoms with Crippen molar-refractivity contribution in [2.24, 2.45) is 5.41 Å². The third-order valence-corrected chi connectivity index (χ3v) is 8.93. The Labute approximate surface area is 261 Å². The number of ether oxygens (including phenoxy) is 1. The van der Waals surface area contributed by atoms with Crippen LogP contribution in [0.3, 0.4) is 0 Å². The minimum Gasteiger partial charge on any atom is -0.457 e. The van der Waals surface area contributed by atoms with Crippen molar-refractivity contribution in [1.82, 2.24) is 19.7 Å². The maximum absolute atomic E-state index is 15.0. The summed E-state index contributed by atoms with van der Waals surface area (Å²) in [7, 11) is 4.22. The van der Waals surface area contributed by atoms with E-state index >= 15 is 4.39 Å². The number of carbonyl (C=O) groups is 3. The van der Waals surface area contributed by atoms with Gasteiger partial charge in [-0.1, -0.05) is 18.2 Å². The summed E-state index contributed by atoms with van der Waals surface area (Å²) in [5, 5.41) is 8.16. The fourth-order valence-electron chi connectivity index (χ4n) is 5.77. The first-order valence-corrected chi connectivity index (χ1v) is 15.3. The molecular weight excluding hydrogens is 577 g/mol. The van der Waals surface area contributed by atoms with Gasteiger partial charge in [0.25, 0.3) is 0 Å². The zero-order chi connectivity index (χ0) is 31.6. The smallest absolute Gasteiger partial charge is 0.323 e. The molecule has 11 nitrogen and oxygen atoms in total. The first-order valence-electron chi connectivity index (χ1n) is 15.3. The summed E-state index contributed by atoms with van der Waals surface area (Å²) in [6, 6.07) is 17.0. The lowest BCUT2D eigenvalue weighted by Crippen LogP contribution is -2.62. The summed E-state index contributed by atoms with van der Waals surface area (Å²) in [6.45, 7) is 3.51. The molecule has 0 atom stereocenters. The van der Waals surface area contributed by atoms with Gasteiger partial charge in [-0.15, -0.1) is 0 Å². The second-order valence-electron chi connectivity index (χ2n) is 12.2. The van der Waals surface area contributed by atoms with E-state index in [9.17, 15) is 14.4 Å². The molecule has 236 valence electrons. The molecule has 3 N–H and O–H groups in total. The lowest BCUT2D eigenvalue weighted by Gasteiger charge is -2.49. The van der Waals surface area contributed by atoms with Crippen LogP contribution in [0.4, 0.5) is 26.4 Å².